The van der Waals surface area contributed by atoms with E-state index in [0.717, 1.165) is 34.6 Å². The van der Waals surface area contributed by atoms with Gasteiger partial charge in [-0.25, -0.2) is 0 Å². The number of aliphatic imine (C=N–C) groups is 1. The lowest BCUT2D eigenvalue weighted by Crippen LogP contribution is -2.41. The number of rotatable bonds is 5. The number of nitrogens with zero attached hydrogens (tertiary/aromatic N) is 2. The Bertz CT molecular complexity index is 436. The quantitative estimate of drug-likeness (QED) is 0.845. The number of anilines is 1. The first-order valence-electron chi connectivity index (χ1n) is 6.15. The Labute approximate surface area is 121 Å². The van der Waals surface area contributed by atoms with Crippen LogP contribution in [0.25, 0.3) is 0 Å². The Morgan fingerprint density at radius 2 is 2.28 bits per heavy atom. The monoisotopic (exact) mass is 327 g/mol. The molecule has 2 N–H and O–H groups in total. The molecule has 1 aromatic carbocycles. The van der Waals surface area contributed by atoms with Gasteiger partial charge in [0.25, 0.3) is 0 Å². The predicted molar refractivity (Wildman–Crippen MR) is 84.5 cm³/mol. The molecule has 18 heavy (non-hydrogen) atoms. The van der Waals surface area contributed by atoms with Crippen LogP contribution < -0.4 is 10.6 Å². The summed E-state index contributed by atoms with van der Waals surface area (Å²) in [7, 11) is 0. The maximum atomic E-state index is 6.02. The van der Waals surface area contributed by atoms with E-state index in [-0.39, 0.29) is 0 Å². The van der Waals surface area contributed by atoms with Gasteiger partial charge in [-0.2, -0.15) is 11.8 Å². The van der Waals surface area contributed by atoms with Crippen LogP contribution in [0.1, 0.15) is 13.3 Å². The van der Waals surface area contributed by atoms with Gasteiger partial charge >= 0.3 is 0 Å². The maximum absolute atomic E-state index is 6.02. The van der Waals surface area contributed by atoms with Crippen molar-refractivity contribution < 1.29 is 0 Å². The summed E-state index contributed by atoms with van der Waals surface area (Å²) >= 11 is 5.55. The first-order valence-corrected chi connectivity index (χ1v) is 8.10. The summed E-state index contributed by atoms with van der Waals surface area (Å²) in [4.78, 5) is 6.54. The summed E-state index contributed by atoms with van der Waals surface area (Å²) in [6.45, 7) is 2.99. The number of nitrogens with two attached hydrogens (primary N) is 1. The Balaban J connectivity index is 2.12. The highest BCUT2D eigenvalue weighted by atomic mass is 79.9. The van der Waals surface area contributed by atoms with E-state index in [4.69, 9.17) is 5.73 Å². The zero-order chi connectivity index (χ0) is 13.0. The molecule has 0 aromatic heterocycles. The molecule has 0 bridgehead atoms. The van der Waals surface area contributed by atoms with Gasteiger partial charge in [0.2, 0.25) is 0 Å². The normalized spacial score (nSPS) is 19.1. The lowest BCUT2D eigenvalue weighted by Gasteiger charge is -2.27. The molecule has 2 rings (SSSR count). The van der Waals surface area contributed by atoms with Gasteiger partial charge in [-0.1, -0.05) is 19.1 Å². The molecular weight excluding hydrogens is 310 g/mol. The molecular formula is C13H18BrN3S. The molecule has 0 spiro atoms. The molecule has 0 amide bonds. The first-order chi connectivity index (χ1) is 8.74. The fraction of sp³-hybridized carbons (Fsp3) is 0.462. The van der Waals surface area contributed by atoms with E-state index >= 15 is 0 Å². The second-order valence-corrected chi connectivity index (χ2v) is 6.41. The predicted octanol–water partition coefficient (Wildman–Crippen LogP) is 3.10. The van der Waals surface area contributed by atoms with E-state index in [2.05, 4.69) is 38.8 Å². The van der Waals surface area contributed by atoms with Crippen LogP contribution in [0.4, 0.5) is 5.69 Å². The summed E-state index contributed by atoms with van der Waals surface area (Å²) in [6, 6.07) is 8.56. The lowest BCUT2D eigenvalue weighted by atomic mass is 10.2. The zero-order valence-corrected chi connectivity index (χ0v) is 12.9. The third kappa shape index (κ3) is 3.01. The highest BCUT2D eigenvalue weighted by Crippen LogP contribution is 2.30. The molecule has 1 unspecified atom stereocenters. The molecule has 0 aliphatic carbocycles. The molecule has 5 heteroatoms. The summed E-state index contributed by atoms with van der Waals surface area (Å²) in [5.41, 5.74) is 7.14. The smallest absolute Gasteiger partial charge is 0.196 e. The van der Waals surface area contributed by atoms with Gasteiger partial charge in [0, 0.05) is 4.47 Å². The van der Waals surface area contributed by atoms with Gasteiger partial charge in [0.1, 0.15) is 0 Å². The minimum Gasteiger partial charge on any atom is -0.370 e. The van der Waals surface area contributed by atoms with Crippen molar-refractivity contribution in [1.82, 2.24) is 0 Å². The van der Waals surface area contributed by atoms with Crippen molar-refractivity contribution in [3.8, 4) is 0 Å². The van der Waals surface area contributed by atoms with E-state index < -0.39 is 0 Å². The molecule has 1 aromatic rings. The number of halogens is 1. The average molecular weight is 328 g/mol. The Hall–Kier alpha value is -0.680. The third-order valence-electron chi connectivity index (χ3n) is 2.99. The number of guanidine groups is 1. The van der Waals surface area contributed by atoms with Crippen LogP contribution in [-0.2, 0) is 0 Å². The van der Waals surface area contributed by atoms with Gasteiger partial charge in [-0.15, -0.1) is 0 Å². The number of para-hydroxylation sites is 1. The number of thioether (sulfide) groups is 1. The van der Waals surface area contributed by atoms with Crippen molar-refractivity contribution in [3.05, 3.63) is 28.7 Å². The van der Waals surface area contributed by atoms with Crippen molar-refractivity contribution in [1.29, 1.82) is 0 Å². The Morgan fingerprint density at radius 1 is 1.50 bits per heavy atom. The molecule has 1 aliphatic rings. The van der Waals surface area contributed by atoms with E-state index in [1.165, 1.54) is 0 Å². The Morgan fingerprint density at radius 3 is 3.00 bits per heavy atom. The standard InChI is InChI=1S/C13H18BrN3S/c1-2-18-8-7-10-9-16-13(15)17(10)12-6-4-3-5-11(12)14/h3-6,10H,2,7-9H2,1H3,(H2,15,16). The van der Waals surface area contributed by atoms with Crippen LogP contribution >= 0.6 is 27.7 Å². The fourth-order valence-corrected chi connectivity index (χ4v) is 3.30. The SMILES string of the molecule is CCSCCC1CN=C(N)N1c1ccccc1Br. The molecule has 3 nitrogen and oxygen atoms in total. The van der Waals surface area contributed by atoms with Crippen LogP contribution in [0.3, 0.4) is 0 Å². The van der Waals surface area contributed by atoms with Gasteiger partial charge in [0.05, 0.1) is 18.3 Å². The zero-order valence-electron chi connectivity index (χ0n) is 10.5. The van der Waals surface area contributed by atoms with Crippen LogP contribution in [0.5, 0.6) is 0 Å². The molecule has 0 saturated heterocycles. The topological polar surface area (TPSA) is 41.6 Å². The molecule has 0 fully saturated rings. The minimum absolute atomic E-state index is 0.391. The first kappa shape index (κ1) is 13.7. The summed E-state index contributed by atoms with van der Waals surface area (Å²) in [5, 5.41) is 0. The van der Waals surface area contributed by atoms with Gasteiger partial charge in [-0.3, -0.25) is 4.99 Å². The fourth-order valence-electron chi connectivity index (χ4n) is 2.10. The molecule has 0 radical (unpaired) electrons. The van der Waals surface area contributed by atoms with Crippen molar-refractivity contribution in [2.45, 2.75) is 19.4 Å². The summed E-state index contributed by atoms with van der Waals surface area (Å²) in [6.07, 6.45) is 1.12. The second kappa shape index (κ2) is 6.48. The van der Waals surface area contributed by atoms with Crippen molar-refractivity contribution in [2.24, 2.45) is 10.7 Å². The average Bonchev–Trinajstić information content (AvgIpc) is 2.72. The van der Waals surface area contributed by atoms with E-state index in [1.807, 2.05) is 30.0 Å². The van der Waals surface area contributed by atoms with Crippen molar-refractivity contribution >= 4 is 39.3 Å². The van der Waals surface area contributed by atoms with E-state index in [1.54, 1.807) is 0 Å². The number of hydrogen-bond donors (Lipinski definition) is 1. The highest BCUT2D eigenvalue weighted by molar-refractivity contribution is 9.10. The number of hydrogen-bond acceptors (Lipinski definition) is 4. The van der Waals surface area contributed by atoms with Crippen LogP contribution in [0.15, 0.2) is 33.7 Å². The third-order valence-corrected chi connectivity index (χ3v) is 4.59. The number of benzene rings is 1. The van der Waals surface area contributed by atoms with E-state index in [9.17, 15) is 0 Å². The molecule has 1 atom stereocenters. The van der Waals surface area contributed by atoms with Crippen LogP contribution in [-0.4, -0.2) is 30.1 Å². The van der Waals surface area contributed by atoms with Gasteiger partial charge in [-0.05, 0) is 46.0 Å². The van der Waals surface area contributed by atoms with Crippen molar-refractivity contribution in [2.75, 3.05) is 23.0 Å². The summed E-state index contributed by atoms with van der Waals surface area (Å²) < 4.78 is 1.07. The second-order valence-electron chi connectivity index (χ2n) is 4.16. The minimum atomic E-state index is 0.391. The van der Waals surface area contributed by atoms with Crippen molar-refractivity contribution in [3.63, 3.8) is 0 Å². The molecule has 1 heterocycles. The molecule has 0 saturated carbocycles. The molecule has 98 valence electrons. The maximum Gasteiger partial charge on any atom is 0.196 e. The van der Waals surface area contributed by atoms with E-state index in [0.29, 0.717) is 12.0 Å². The molecule has 1 aliphatic heterocycles. The Kier molecular flexibility index (Phi) is 4.95. The highest BCUT2D eigenvalue weighted by Gasteiger charge is 2.27. The lowest BCUT2D eigenvalue weighted by molar-refractivity contribution is 0.689. The largest absolute Gasteiger partial charge is 0.370 e. The summed E-state index contributed by atoms with van der Waals surface area (Å²) in [5.74, 6) is 2.96. The van der Waals surface area contributed by atoms with Gasteiger partial charge < -0.3 is 10.6 Å². The van der Waals surface area contributed by atoms with Crippen LogP contribution in [0.2, 0.25) is 0 Å². The van der Waals surface area contributed by atoms with Crippen LogP contribution in [0, 0.1) is 0 Å². The van der Waals surface area contributed by atoms with Gasteiger partial charge in [0.15, 0.2) is 5.96 Å².